The highest BCUT2D eigenvalue weighted by Crippen LogP contribution is 2.18. The van der Waals surface area contributed by atoms with Gasteiger partial charge in [-0.15, -0.1) is 0 Å². The van der Waals surface area contributed by atoms with Crippen molar-refractivity contribution in [3.05, 3.63) is 0 Å². The van der Waals surface area contributed by atoms with Gasteiger partial charge in [0.1, 0.15) is 0 Å². The standard InChI is InChI=1S/C52H106S/c1-3-5-7-9-11-13-15-17-19-21-23-25-27-28-29-30-32-34-36-38-40-42-44-46-48-50-52-53-51-49-47-45-43-41-39-37-35-33-31-26-24-22-20-18-16-14-12-10-8-6-4-2/h3-52H2,1-2H3. The van der Waals surface area contributed by atoms with Crippen LogP contribution in [0.15, 0.2) is 0 Å². The van der Waals surface area contributed by atoms with Gasteiger partial charge in [0.15, 0.2) is 0 Å². The monoisotopic (exact) mass is 763 g/mol. The van der Waals surface area contributed by atoms with E-state index in [-0.39, 0.29) is 0 Å². The van der Waals surface area contributed by atoms with Crippen molar-refractivity contribution in [2.45, 2.75) is 322 Å². The van der Waals surface area contributed by atoms with Gasteiger partial charge in [0.05, 0.1) is 0 Å². The Kier molecular flexibility index (Phi) is 52.7. The van der Waals surface area contributed by atoms with E-state index in [1.54, 1.807) is 0 Å². The van der Waals surface area contributed by atoms with Gasteiger partial charge in [-0.1, -0.05) is 309 Å². The fourth-order valence-electron chi connectivity index (χ4n) is 8.43. The summed E-state index contributed by atoms with van der Waals surface area (Å²) in [5, 5.41) is 0. The van der Waals surface area contributed by atoms with Gasteiger partial charge < -0.3 is 0 Å². The minimum atomic E-state index is 1.37. The highest BCUT2D eigenvalue weighted by atomic mass is 32.2. The summed E-state index contributed by atoms with van der Waals surface area (Å²) < 4.78 is 0. The van der Waals surface area contributed by atoms with E-state index < -0.39 is 0 Å². The Morgan fingerprint density at radius 2 is 0.264 bits per heavy atom. The van der Waals surface area contributed by atoms with Crippen molar-refractivity contribution in [3.63, 3.8) is 0 Å². The molecule has 0 heterocycles. The molecule has 0 aliphatic heterocycles. The third kappa shape index (κ3) is 52.4. The number of thioether (sulfide) groups is 1. The Balaban J connectivity index is 3.05. The number of hydrogen-bond donors (Lipinski definition) is 0. The van der Waals surface area contributed by atoms with Crippen LogP contribution >= 0.6 is 11.8 Å². The van der Waals surface area contributed by atoms with Gasteiger partial charge in [0.25, 0.3) is 0 Å². The average Bonchev–Trinajstić information content (AvgIpc) is 3.17. The van der Waals surface area contributed by atoms with E-state index in [4.69, 9.17) is 0 Å². The molecule has 0 aliphatic rings. The molecule has 320 valence electrons. The summed E-state index contributed by atoms with van der Waals surface area (Å²) in [4.78, 5) is 0. The lowest BCUT2D eigenvalue weighted by Gasteiger charge is -2.05. The molecule has 0 bridgehead atoms. The maximum absolute atomic E-state index is 2.31. The molecule has 0 radical (unpaired) electrons. The molecule has 0 nitrogen and oxygen atoms in total. The second-order valence-corrected chi connectivity index (χ2v) is 19.1. The predicted octanol–water partition coefficient (Wildman–Crippen LogP) is 20.5. The van der Waals surface area contributed by atoms with Crippen LogP contribution in [0.2, 0.25) is 0 Å². The van der Waals surface area contributed by atoms with Crippen molar-refractivity contribution < 1.29 is 0 Å². The van der Waals surface area contributed by atoms with Crippen molar-refractivity contribution in [1.82, 2.24) is 0 Å². The van der Waals surface area contributed by atoms with E-state index in [2.05, 4.69) is 25.6 Å². The van der Waals surface area contributed by atoms with Crippen LogP contribution in [0.5, 0.6) is 0 Å². The Labute approximate surface area is 343 Å². The smallest absolute Gasteiger partial charge is 0.00675 e. The van der Waals surface area contributed by atoms with Crippen molar-refractivity contribution in [3.8, 4) is 0 Å². The normalized spacial score (nSPS) is 11.7. The average molecular weight is 763 g/mol. The summed E-state index contributed by atoms with van der Waals surface area (Å²) in [5.74, 6) is 2.83. The Bertz CT molecular complexity index is 536. The molecule has 0 N–H and O–H groups in total. The quantitative estimate of drug-likeness (QED) is 0.0556. The Morgan fingerprint density at radius 1 is 0.151 bits per heavy atom. The van der Waals surface area contributed by atoms with Crippen LogP contribution in [0.25, 0.3) is 0 Å². The van der Waals surface area contributed by atoms with E-state index >= 15 is 0 Å². The van der Waals surface area contributed by atoms with Crippen LogP contribution in [0.4, 0.5) is 0 Å². The lowest BCUT2D eigenvalue weighted by atomic mass is 10.0. The molecular formula is C52H106S. The minimum Gasteiger partial charge on any atom is -0.162 e. The first-order chi connectivity index (χ1) is 26.4. The van der Waals surface area contributed by atoms with Crippen molar-refractivity contribution in [2.75, 3.05) is 11.5 Å². The third-order valence-electron chi connectivity index (χ3n) is 12.3. The van der Waals surface area contributed by atoms with Gasteiger partial charge in [-0.3, -0.25) is 0 Å². The first kappa shape index (κ1) is 53.4. The molecule has 0 rings (SSSR count). The lowest BCUT2D eigenvalue weighted by Crippen LogP contribution is -1.87. The van der Waals surface area contributed by atoms with Crippen LogP contribution in [0.3, 0.4) is 0 Å². The van der Waals surface area contributed by atoms with Crippen LogP contribution < -0.4 is 0 Å². The van der Waals surface area contributed by atoms with E-state index in [9.17, 15) is 0 Å². The Morgan fingerprint density at radius 3 is 0.396 bits per heavy atom. The summed E-state index contributed by atoms with van der Waals surface area (Å²) in [6, 6.07) is 0. The zero-order valence-electron chi connectivity index (χ0n) is 37.8. The molecule has 0 aliphatic carbocycles. The first-order valence-electron chi connectivity index (χ1n) is 26.0. The lowest BCUT2D eigenvalue weighted by molar-refractivity contribution is 0.516. The molecule has 0 saturated heterocycles. The van der Waals surface area contributed by atoms with Gasteiger partial charge in [0.2, 0.25) is 0 Å². The third-order valence-corrected chi connectivity index (χ3v) is 13.4. The molecule has 53 heavy (non-hydrogen) atoms. The van der Waals surface area contributed by atoms with Gasteiger partial charge in [-0.25, -0.2) is 0 Å². The van der Waals surface area contributed by atoms with Gasteiger partial charge in [-0.2, -0.15) is 11.8 Å². The van der Waals surface area contributed by atoms with Gasteiger partial charge in [0, 0.05) is 0 Å². The van der Waals surface area contributed by atoms with Gasteiger partial charge >= 0.3 is 0 Å². The van der Waals surface area contributed by atoms with E-state index in [1.165, 1.54) is 320 Å². The SMILES string of the molecule is CCCCCCCCCCCCCCCCCCCCCCCCCCCCSCCCCCCCCCCCCCCCCCCCCCCCC. The summed E-state index contributed by atoms with van der Waals surface area (Å²) in [7, 11) is 0. The van der Waals surface area contributed by atoms with Gasteiger partial charge in [-0.05, 0) is 24.3 Å². The number of unbranched alkanes of at least 4 members (excludes halogenated alkanes) is 46. The molecule has 0 aromatic rings. The fraction of sp³-hybridized carbons (Fsp3) is 1.00. The van der Waals surface area contributed by atoms with Crippen LogP contribution in [-0.4, -0.2) is 11.5 Å². The van der Waals surface area contributed by atoms with E-state index in [0.717, 1.165) is 0 Å². The van der Waals surface area contributed by atoms with Crippen LogP contribution in [0, 0.1) is 0 Å². The molecule has 0 fully saturated rings. The zero-order chi connectivity index (χ0) is 38.1. The predicted molar refractivity (Wildman–Crippen MR) is 250 cm³/mol. The summed E-state index contributed by atoms with van der Waals surface area (Å²) in [6.07, 6.45) is 71.1. The first-order valence-corrected chi connectivity index (χ1v) is 27.1. The van der Waals surface area contributed by atoms with Crippen molar-refractivity contribution in [1.29, 1.82) is 0 Å². The largest absolute Gasteiger partial charge is 0.162 e. The molecule has 0 atom stereocenters. The second-order valence-electron chi connectivity index (χ2n) is 17.9. The zero-order valence-corrected chi connectivity index (χ0v) is 38.6. The number of hydrogen-bond acceptors (Lipinski definition) is 1. The highest BCUT2D eigenvalue weighted by molar-refractivity contribution is 7.99. The van der Waals surface area contributed by atoms with Crippen LogP contribution in [-0.2, 0) is 0 Å². The number of rotatable bonds is 50. The molecule has 0 unspecified atom stereocenters. The maximum Gasteiger partial charge on any atom is -0.00675 e. The molecule has 1 heteroatoms. The molecule has 0 aromatic heterocycles. The molecular weight excluding hydrogens is 657 g/mol. The summed E-state index contributed by atoms with van der Waals surface area (Å²) >= 11 is 2.24. The van der Waals surface area contributed by atoms with E-state index in [0.29, 0.717) is 0 Å². The van der Waals surface area contributed by atoms with Crippen molar-refractivity contribution in [2.24, 2.45) is 0 Å². The second kappa shape index (κ2) is 52.3. The topological polar surface area (TPSA) is 0 Å². The highest BCUT2D eigenvalue weighted by Gasteiger charge is 1.99. The van der Waals surface area contributed by atoms with Crippen molar-refractivity contribution >= 4 is 11.8 Å². The molecule has 0 aromatic carbocycles. The minimum absolute atomic E-state index is 1.37. The molecule has 0 amide bonds. The van der Waals surface area contributed by atoms with Crippen LogP contribution in [0.1, 0.15) is 322 Å². The maximum atomic E-state index is 2.31. The van der Waals surface area contributed by atoms with E-state index in [1.807, 2.05) is 0 Å². The summed E-state index contributed by atoms with van der Waals surface area (Å²) in [6.45, 7) is 4.62. The summed E-state index contributed by atoms with van der Waals surface area (Å²) in [5.41, 5.74) is 0. The fourth-order valence-corrected chi connectivity index (χ4v) is 9.46. The molecule has 0 spiro atoms. The Hall–Kier alpha value is 0.350. The molecule has 0 saturated carbocycles.